The van der Waals surface area contributed by atoms with Gasteiger partial charge in [-0.2, -0.15) is 0 Å². The van der Waals surface area contributed by atoms with Crippen molar-refractivity contribution in [3.8, 4) is 11.1 Å². The van der Waals surface area contributed by atoms with Gasteiger partial charge in [0.05, 0.1) is 16.2 Å². The van der Waals surface area contributed by atoms with Gasteiger partial charge in [0.15, 0.2) is 9.84 Å². The van der Waals surface area contributed by atoms with Crippen molar-refractivity contribution < 1.29 is 18.3 Å². The number of hydrogen-bond acceptors (Lipinski definition) is 5. The molecule has 0 unspecified atom stereocenters. The van der Waals surface area contributed by atoms with E-state index in [1.54, 1.807) is 31.5 Å². The van der Waals surface area contributed by atoms with Crippen molar-refractivity contribution in [2.24, 2.45) is 0 Å². The van der Waals surface area contributed by atoms with E-state index in [0.29, 0.717) is 23.4 Å². The molecular formula is C18H22N2O4S. The topological polar surface area (TPSA) is 96.4 Å². The molecule has 2 rings (SSSR count). The van der Waals surface area contributed by atoms with Gasteiger partial charge in [-0.1, -0.05) is 20.3 Å². The number of sulfone groups is 1. The van der Waals surface area contributed by atoms with Gasteiger partial charge in [-0.3, -0.25) is 4.98 Å². The Hall–Kier alpha value is -2.41. The summed E-state index contributed by atoms with van der Waals surface area (Å²) >= 11 is 0. The Morgan fingerprint density at radius 3 is 2.44 bits per heavy atom. The van der Waals surface area contributed by atoms with Crippen molar-refractivity contribution in [3.63, 3.8) is 0 Å². The van der Waals surface area contributed by atoms with Crippen molar-refractivity contribution in [2.45, 2.75) is 31.6 Å². The summed E-state index contributed by atoms with van der Waals surface area (Å²) in [5, 5.41) is 12.6. The highest BCUT2D eigenvalue weighted by molar-refractivity contribution is 7.91. The quantitative estimate of drug-likeness (QED) is 0.698. The zero-order valence-corrected chi connectivity index (χ0v) is 15.1. The maximum absolute atomic E-state index is 12.6. The van der Waals surface area contributed by atoms with Crippen LogP contribution in [0.3, 0.4) is 0 Å². The molecule has 2 N–H and O–H groups in total. The smallest absolute Gasteiger partial charge is 0.335 e. The molecular weight excluding hydrogens is 340 g/mol. The molecule has 0 fully saturated rings. The monoisotopic (exact) mass is 362 g/mol. The maximum Gasteiger partial charge on any atom is 0.335 e. The summed E-state index contributed by atoms with van der Waals surface area (Å²) < 4.78 is 25.2. The fourth-order valence-corrected chi connectivity index (χ4v) is 3.65. The first-order valence-electron chi connectivity index (χ1n) is 8.19. The molecule has 0 spiro atoms. The number of pyridine rings is 1. The molecule has 134 valence electrons. The minimum Gasteiger partial charge on any atom is -0.478 e. The minimum absolute atomic E-state index is 0.0279. The van der Waals surface area contributed by atoms with Gasteiger partial charge in [0.25, 0.3) is 0 Å². The van der Waals surface area contributed by atoms with Crippen molar-refractivity contribution >= 4 is 21.5 Å². The van der Waals surface area contributed by atoms with E-state index in [1.807, 2.05) is 6.92 Å². The highest BCUT2D eigenvalue weighted by Crippen LogP contribution is 2.36. The number of aromatic carboxylic acids is 1. The molecule has 2 aromatic rings. The van der Waals surface area contributed by atoms with Crippen molar-refractivity contribution in [2.75, 3.05) is 17.6 Å². The second-order valence-electron chi connectivity index (χ2n) is 5.62. The molecule has 1 aromatic carbocycles. The standard InChI is InChI=1S/C18H22N2O4S/c1-3-5-8-20-15-11-14(18(21)22)12-16(25(23,24)4-2)17(15)13-6-9-19-10-7-13/h6-7,9-12,20H,3-5,8H2,1-2H3,(H,21,22). The fraction of sp³-hybridized carbons (Fsp3) is 0.333. The number of carboxylic acids is 1. The highest BCUT2D eigenvalue weighted by atomic mass is 32.2. The molecule has 25 heavy (non-hydrogen) atoms. The van der Waals surface area contributed by atoms with E-state index >= 15 is 0 Å². The van der Waals surface area contributed by atoms with Crippen LogP contribution in [-0.4, -0.2) is 36.8 Å². The Kier molecular flexibility index (Phi) is 6.14. The van der Waals surface area contributed by atoms with Crippen LogP contribution >= 0.6 is 0 Å². The Morgan fingerprint density at radius 1 is 1.20 bits per heavy atom. The van der Waals surface area contributed by atoms with Gasteiger partial charge in [0.1, 0.15) is 0 Å². The highest BCUT2D eigenvalue weighted by Gasteiger charge is 2.23. The van der Waals surface area contributed by atoms with E-state index < -0.39 is 15.8 Å². The predicted molar refractivity (Wildman–Crippen MR) is 97.8 cm³/mol. The minimum atomic E-state index is -3.61. The number of aromatic nitrogens is 1. The van der Waals surface area contributed by atoms with Crippen molar-refractivity contribution in [1.29, 1.82) is 0 Å². The van der Waals surface area contributed by atoms with E-state index in [1.165, 1.54) is 12.1 Å². The predicted octanol–water partition coefficient (Wildman–Crippen LogP) is 3.45. The summed E-state index contributed by atoms with van der Waals surface area (Å²) in [7, 11) is -3.61. The third-order valence-corrected chi connectivity index (χ3v) is 5.63. The maximum atomic E-state index is 12.6. The molecule has 0 amide bonds. The Bertz CT molecular complexity index is 849. The molecule has 7 heteroatoms. The number of carboxylic acid groups (broad SMARTS) is 1. The number of carbonyl (C=O) groups is 1. The molecule has 0 aliphatic carbocycles. The third-order valence-electron chi connectivity index (χ3n) is 3.88. The number of anilines is 1. The largest absolute Gasteiger partial charge is 0.478 e. The normalized spacial score (nSPS) is 11.3. The van der Waals surface area contributed by atoms with E-state index in [2.05, 4.69) is 10.3 Å². The Balaban J connectivity index is 2.76. The van der Waals surface area contributed by atoms with Crippen molar-refractivity contribution in [1.82, 2.24) is 4.98 Å². The summed E-state index contributed by atoms with van der Waals surface area (Å²) in [6.45, 7) is 4.22. The molecule has 0 atom stereocenters. The first-order valence-corrected chi connectivity index (χ1v) is 9.84. The molecule has 0 radical (unpaired) electrons. The summed E-state index contributed by atoms with van der Waals surface area (Å²) in [5.74, 6) is -1.27. The van der Waals surface area contributed by atoms with Crippen molar-refractivity contribution in [3.05, 3.63) is 42.2 Å². The number of rotatable bonds is 8. The van der Waals surface area contributed by atoms with Gasteiger partial charge in [0, 0.05) is 30.2 Å². The van der Waals surface area contributed by atoms with Gasteiger partial charge < -0.3 is 10.4 Å². The molecule has 0 aliphatic rings. The van der Waals surface area contributed by atoms with Crippen LogP contribution in [0.1, 0.15) is 37.0 Å². The summed E-state index contributed by atoms with van der Waals surface area (Å²) in [6.07, 6.45) is 5.02. The molecule has 1 heterocycles. The van der Waals surface area contributed by atoms with E-state index in [4.69, 9.17) is 0 Å². The number of benzene rings is 1. The second-order valence-corrected chi connectivity index (χ2v) is 7.87. The number of unbranched alkanes of at least 4 members (excludes halogenated alkanes) is 1. The van der Waals surface area contributed by atoms with Gasteiger partial charge in [-0.05, 0) is 36.2 Å². The second kappa shape index (κ2) is 8.11. The molecule has 6 nitrogen and oxygen atoms in total. The van der Waals surface area contributed by atoms with Crippen LogP contribution in [0.25, 0.3) is 11.1 Å². The van der Waals surface area contributed by atoms with Crippen LogP contribution in [0.2, 0.25) is 0 Å². The lowest BCUT2D eigenvalue weighted by Gasteiger charge is -2.17. The van der Waals surface area contributed by atoms with Gasteiger partial charge in [-0.15, -0.1) is 0 Å². The van der Waals surface area contributed by atoms with Crippen LogP contribution in [0.4, 0.5) is 5.69 Å². The SMILES string of the molecule is CCCCNc1cc(C(=O)O)cc(S(=O)(=O)CC)c1-c1ccncc1. The van der Waals surface area contributed by atoms with Gasteiger partial charge in [-0.25, -0.2) is 13.2 Å². The van der Waals surface area contributed by atoms with Gasteiger partial charge in [0.2, 0.25) is 0 Å². The summed E-state index contributed by atoms with van der Waals surface area (Å²) in [5.41, 5.74) is 1.62. The number of nitrogens with one attached hydrogen (secondary N) is 1. The first-order chi connectivity index (χ1) is 11.9. The molecule has 0 saturated heterocycles. The van der Waals surface area contributed by atoms with Gasteiger partial charge >= 0.3 is 5.97 Å². The van der Waals surface area contributed by atoms with E-state index in [9.17, 15) is 18.3 Å². The van der Waals surface area contributed by atoms with Crippen LogP contribution in [0.5, 0.6) is 0 Å². The lowest BCUT2D eigenvalue weighted by molar-refractivity contribution is 0.0696. The summed E-state index contributed by atoms with van der Waals surface area (Å²) in [4.78, 5) is 15.5. The molecule has 0 saturated carbocycles. The zero-order chi connectivity index (χ0) is 18.4. The van der Waals surface area contributed by atoms with E-state index in [0.717, 1.165) is 12.8 Å². The summed E-state index contributed by atoms with van der Waals surface area (Å²) in [6, 6.07) is 6.16. The lowest BCUT2D eigenvalue weighted by Crippen LogP contribution is -2.12. The average molecular weight is 362 g/mol. The van der Waals surface area contributed by atoms with Crippen LogP contribution < -0.4 is 5.32 Å². The Morgan fingerprint density at radius 2 is 1.88 bits per heavy atom. The van der Waals surface area contributed by atoms with E-state index in [-0.39, 0.29) is 16.2 Å². The fourth-order valence-electron chi connectivity index (χ4n) is 2.50. The lowest BCUT2D eigenvalue weighted by atomic mass is 10.0. The van der Waals surface area contributed by atoms with Crippen LogP contribution in [0.15, 0.2) is 41.6 Å². The first kappa shape index (κ1) is 18.9. The number of hydrogen-bond donors (Lipinski definition) is 2. The molecule has 1 aromatic heterocycles. The third kappa shape index (κ3) is 4.36. The van der Waals surface area contributed by atoms with Crippen LogP contribution in [-0.2, 0) is 9.84 Å². The van der Waals surface area contributed by atoms with Crippen LogP contribution in [0, 0.1) is 0 Å². The Labute approximate surface area is 147 Å². The average Bonchev–Trinajstić information content (AvgIpc) is 2.62. The molecule has 0 aliphatic heterocycles. The number of nitrogens with zero attached hydrogens (tertiary/aromatic N) is 1. The molecule has 0 bridgehead atoms. The zero-order valence-electron chi connectivity index (χ0n) is 14.3.